The molecule has 0 fully saturated rings. The number of carbonyl (C=O) groups excluding carboxylic acids is 2. The molecule has 0 spiro atoms. The molecule has 26 heavy (non-hydrogen) atoms. The van der Waals surface area contributed by atoms with Crippen LogP contribution in [-0.2, 0) is 11.2 Å². The summed E-state index contributed by atoms with van der Waals surface area (Å²) in [4.78, 5) is 27.6. The SMILES string of the molecule is CC(=O)c1ccc(Nc2ccc(NC(=O)Cc3ccccc3)nc2)cc1. The van der Waals surface area contributed by atoms with Gasteiger partial charge in [0.05, 0.1) is 18.3 Å². The minimum atomic E-state index is -0.107. The highest BCUT2D eigenvalue weighted by Gasteiger charge is 2.05. The topological polar surface area (TPSA) is 71.1 Å². The number of rotatable bonds is 6. The predicted octanol–water partition coefficient (Wildman–Crippen LogP) is 4.21. The quantitative estimate of drug-likeness (QED) is 0.657. The number of carbonyl (C=O) groups is 2. The van der Waals surface area contributed by atoms with Crippen molar-refractivity contribution in [1.82, 2.24) is 4.98 Å². The van der Waals surface area contributed by atoms with Crippen molar-refractivity contribution in [3.63, 3.8) is 0 Å². The molecule has 0 unspecified atom stereocenters. The van der Waals surface area contributed by atoms with Gasteiger partial charge in [0, 0.05) is 11.3 Å². The second-order valence-corrected chi connectivity index (χ2v) is 5.90. The van der Waals surface area contributed by atoms with Gasteiger partial charge in [-0.25, -0.2) is 4.98 Å². The maximum absolute atomic E-state index is 12.1. The summed E-state index contributed by atoms with van der Waals surface area (Å²) in [6.07, 6.45) is 1.96. The van der Waals surface area contributed by atoms with Gasteiger partial charge in [-0.05, 0) is 48.9 Å². The van der Waals surface area contributed by atoms with Crippen LogP contribution in [0.2, 0.25) is 0 Å². The first-order valence-electron chi connectivity index (χ1n) is 8.28. The Labute approximate surface area is 152 Å². The number of ketones is 1. The van der Waals surface area contributed by atoms with Crippen LogP contribution in [0.3, 0.4) is 0 Å². The molecule has 0 saturated heterocycles. The van der Waals surface area contributed by atoms with E-state index in [2.05, 4.69) is 15.6 Å². The van der Waals surface area contributed by atoms with E-state index in [1.54, 1.807) is 24.4 Å². The molecule has 130 valence electrons. The highest BCUT2D eigenvalue weighted by atomic mass is 16.1. The molecule has 0 bridgehead atoms. The summed E-state index contributed by atoms with van der Waals surface area (Å²) in [7, 11) is 0. The van der Waals surface area contributed by atoms with E-state index in [4.69, 9.17) is 0 Å². The number of benzene rings is 2. The van der Waals surface area contributed by atoms with Crippen LogP contribution >= 0.6 is 0 Å². The molecule has 5 nitrogen and oxygen atoms in total. The van der Waals surface area contributed by atoms with Gasteiger partial charge in [-0.3, -0.25) is 9.59 Å². The lowest BCUT2D eigenvalue weighted by Gasteiger charge is -2.08. The van der Waals surface area contributed by atoms with Crippen molar-refractivity contribution in [2.24, 2.45) is 0 Å². The van der Waals surface area contributed by atoms with E-state index in [1.165, 1.54) is 6.92 Å². The molecule has 2 N–H and O–H groups in total. The van der Waals surface area contributed by atoms with Crippen molar-refractivity contribution >= 4 is 28.9 Å². The van der Waals surface area contributed by atoms with E-state index in [-0.39, 0.29) is 11.7 Å². The summed E-state index contributed by atoms with van der Waals surface area (Å²) >= 11 is 0. The van der Waals surface area contributed by atoms with E-state index >= 15 is 0 Å². The van der Waals surface area contributed by atoms with Gasteiger partial charge in [0.15, 0.2) is 5.78 Å². The first-order valence-corrected chi connectivity index (χ1v) is 8.28. The summed E-state index contributed by atoms with van der Waals surface area (Å²) in [6.45, 7) is 1.54. The normalized spacial score (nSPS) is 10.2. The second-order valence-electron chi connectivity index (χ2n) is 5.90. The zero-order valence-corrected chi connectivity index (χ0v) is 14.4. The molecule has 0 radical (unpaired) electrons. The van der Waals surface area contributed by atoms with Crippen LogP contribution < -0.4 is 10.6 Å². The van der Waals surface area contributed by atoms with Crippen LogP contribution in [0.25, 0.3) is 0 Å². The smallest absolute Gasteiger partial charge is 0.229 e. The summed E-state index contributed by atoms with van der Waals surface area (Å²) in [5, 5.41) is 5.99. The first-order chi connectivity index (χ1) is 12.6. The van der Waals surface area contributed by atoms with E-state index in [1.807, 2.05) is 48.5 Å². The molecule has 0 aliphatic carbocycles. The van der Waals surface area contributed by atoms with Crippen LogP contribution in [0, 0.1) is 0 Å². The lowest BCUT2D eigenvalue weighted by Crippen LogP contribution is -2.15. The van der Waals surface area contributed by atoms with Crippen molar-refractivity contribution in [2.75, 3.05) is 10.6 Å². The first kappa shape index (κ1) is 17.4. The number of nitrogens with zero attached hydrogens (tertiary/aromatic N) is 1. The number of anilines is 3. The molecule has 5 heteroatoms. The summed E-state index contributed by atoms with van der Waals surface area (Å²) in [5.41, 5.74) is 3.28. The molecule has 0 aliphatic heterocycles. The Morgan fingerprint density at radius 2 is 1.58 bits per heavy atom. The highest BCUT2D eigenvalue weighted by molar-refractivity contribution is 5.94. The van der Waals surface area contributed by atoms with Gasteiger partial charge in [0.25, 0.3) is 0 Å². The summed E-state index contributed by atoms with van der Waals surface area (Å²) in [6, 6.07) is 20.4. The van der Waals surface area contributed by atoms with Crippen LogP contribution in [0.4, 0.5) is 17.2 Å². The number of hydrogen-bond acceptors (Lipinski definition) is 4. The lowest BCUT2D eigenvalue weighted by molar-refractivity contribution is -0.115. The van der Waals surface area contributed by atoms with Crippen LogP contribution in [-0.4, -0.2) is 16.7 Å². The molecule has 1 amide bonds. The van der Waals surface area contributed by atoms with Gasteiger partial charge < -0.3 is 10.6 Å². The van der Waals surface area contributed by atoms with Gasteiger partial charge in [-0.2, -0.15) is 0 Å². The second kappa shape index (κ2) is 8.07. The van der Waals surface area contributed by atoms with Gasteiger partial charge in [-0.15, -0.1) is 0 Å². The minimum Gasteiger partial charge on any atom is -0.354 e. The fraction of sp³-hybridized carbons (Fsp3) is 0.0952. The molecule has 3 aromatic rings. The third-order valence-electron chi connectivity index (χ3n) is 3.82. The maximum atomic E-state index is 12.1. The molecule has 0 aliphatic rings. The molecule has 1 aromatic heterocycles. The Hall–Kier alpha value is -3.47. The molecule has 2 aromatic carbocycles. The van der Waals surface area contributed by atoms with Crippen molar-refractivity contribution in [3.8, 4) is 0 Å². The van der Waals surface area contributed by atoms with Gasteiger partial charge in [0.1, 0.15) is 5.82 Å². The van der Waals surface area contributed by atoms with E-state index in [0.29, 0.717) is 17.8 Å². The number of Topliss-reactive ketones (excluding diaryl/α,β-unsaturated/α-hetero) is 1. The molecule has 0 atom stereocenters. The van der Waals surface area contributed by atoms with Crippen molar-refractivity contribution < 1.29 is 9.59 Å². The summed E-state index contributed by atoms with van der Waals surface area (Å²) < 4.78 is 0. The number of aromatic nitrogens is 1. The Bertz CT molecular complexity index is 889. The van der Waals surface area contributed by atoms with E-state index in [9.17, 15) is 9.59 Å². The zero-order valence-electron chi connectivity index (χ0n) is 14.4. The third-order valence-corrected chi connectivity index (χ3v) is 3.82. The molecule has 1 heterocycles. The average molecular weight is 345 g/mol. The fourth-order valence-electron chi connectivity index (χ4n) is 2.46. The minimum absolute atomic E-state index is 0.0359. The Morgan fingerprint density at radius 3 is 2.19 bits per heavy atom. The largest absolute Gasteiger partial charge is 0.354 e. The number of pyridine rings is 1. The molecular weight excluding hydrogens is 326 g/mol. The summed E-state index contributed by atoms with van der Waals surface area (Å²) in [5.74, 6) is 0.432. The van der Waals surface area contributed by atoms with Gasteiger partial charge in [-0.1, -0.05) is 30.3 Å². The highest BCUT2D eigenvalue weighted by Crippen LogP contribution is 2.18. The van der Waals surface area contributed by atoms with Crippen LogP contribution in [0.1, 0.15) is 22.8 Å². The van der Waals surface area contributed by atoms with E-state index < -0.39 is 0 Å². The van der Waals surface area contributed by atoms with Crippen molar-refractivity contribution in [3.05, 3.63) is 84.1 Å². The zero-order chi connectivity index (χ0) is 18.4. The van der Waals surface area contributed by atoms with Crippen LogP contribution in [0.5, 0.6) is 0 Å². The number of amides is 1. The van der Waals surface area contributed by atoms with Crippen LogP contribution in [0.15, 0.2) is 72.9 Å². The molecular formula is C21H19N3O2. The predicted molar refractivity (Wildman–Crippen MR) is 103 cm³/mol. The fourth-order valence-corrected chi connectivity index (χ4v) is 2.46. The third kappa shape index (κ3) is 4.77. The number of hydrogen-bond donors (Lipinski definition) is 2. The number of nitrogens with one attached hydrogen (secondary N) is 2. The molecule has 0 saturated carbocycles. The Kier molecular flexibility index (Phi) is 5.39. The van der Waals surface area contributed by atoms with Crippen molar-refractivity contribution in [2.45, 2.75) is 13.3 Å². The Morgan fingerprint density at radius 1 is 0.885 bits per heavy atom. The Balaban J connectivity index is 1.57. The average Bonchev–Trinajstić information content (AvgIpc) is 2.64. The maximum Gasteiger partial charge on any atom is 0.229 e. The van der Waals surface area contributed by atoms with E-state index in [0.717, 1.165) is 16.9 Å². The monoisotopic (exact) mass is 345 g/mol. The van der Waals surface area contributed by atoms with Crippen molar-refractivity contribution in [1.29, 1.82) is 0 Å². The standard InChI is InChI=1S/C21H19N3O2/c1-15(25)17-7-9-18(10-8-17)23-19-11-12-20(22-14-19)24-21(26)13-16-5-3-2-4-6-16/h2-12,14,23H,13H2,1H3,(H,22,24,26). The van der Waals surface area contributed by atoms with Gasteiger partial charge in [0.2, 0.25) is 5.91 Å². The molecule has 3 rings (SSSR count). The lowest BCUT2D eigenvalue weighted by atomic mass is 10.1. The van der Waals surface area contributed by atoms with Gasteiger partial charge >= 0.3 is 0 Å².